The van der Waals surface area contributed by atoms with Crippen molar-refractivity contribution in [2.45, 2.75) is 11.4 Å². The molecule has 0 aromatic heterocycles. The highest BCUT2D eigenvalue weighted by atomic mass is 79.9. The first kappa shape index (κ1) is 24.3. The topological polar surface area (TPSA) is 52.7 Å². The van der Waals surface area contributed by atoms with E-state index in [2.05, 4.69) is 38.3 Å². The molecule has 1 aliphatic heterocycles. The molecule has 0 unspecified atom stereocenters. The maximum atomic E-state index is 13.3. The van der Waals surface area contributed by atoms with Crippen molar-refractivity contribution in [3.05, 3.63) is 99.4 Å². The minimum Gasteiger partial charge on any atom is -0.353 e. The molecule has 0 saturated heterocycles. The lowest BCUT2D eigenvalue weighted by atomic mass is 10.2. The molecule has 0 fully saturated rings. The van der Waals surface area contributed by atoms with Crippen molar-refractivity contribution in [3.63, 3.8) is 0 Å². The van der Waals surface area contributed by atoms with Crippen LogP contribution in [0.15, 0.2) is 93.1 Å². The number of para-hydroxylation sites is 1. The number of carbonyl (C=O) groups is 2. The van der Waals surface area contributed by atoms with Gasteiger partial charge in [-0.2, -0.15) is 0 Å². The van der Waals surface area contributed by atoms with Crippen molar-refractivity contribution in [2.24, 2.45) is 0 Å². The lowest BCUT2D eigenvalue weighted by Gasteiger charge is -2.30. The predicted molar refractivity (Wildman–Crippen MR) is 143 cm³/mol. The molecule has 174 valence electrons. The third-order valence-electron chi connectivity index (χ3n) is 5.39. The number of nitrogens with one attached hydrogen (secondary N) is 1. The van der Waals surface area contributed by atoms with Crippen LogP contribution in [0.1, 0.15) is 11.1 Å². The predicted octanol–water partition coefficient (Wildman–Crippen LogP) is 5.18. The summed E-state index contributed by atoms with van der Waals surface area (Å²) in [6, 6.07) is 25.7. The maximum Gasteiger partial charge on any atom is 0.265 e. The number of thioether (sulfide) groups is 1. The smallest absolute Gasteiger partial charge is 0.265 e. The van der Waals surface area contributed by atoms with Crippen LogP contribution in [0.2, 0.25) is 0 Å². The molecule has 3 aromatic carbocycles. The number of fused-ring (bicyclic) bond motifs is 1. The Kier molecular flexibility index (Phi) is 8.21. The number of anilines is 1. The first-order chi connectivity index (χ1) is 16.5. The van der Waals surface area contributed by atoms with E-state index in [0.29, 0.717) is 11.4 Å². The van der Waals surface area contributed by atoms with E-state index in [9.17, 15) is 9.59 Å². The Labute approximate surface area is 213 Å². The normalized spacial score (nSPS) is 14.4. The molecular weight excluding hydrogens is 510 g/mol. The number of nitrogens with zero attached hydrogens (tertiary/aromatic N) is 2. The molecule has 4 rings (SSSR count). The van der Waals surface area contributed by atoms with E-state index >= 15 is 0 Å². The largest absolute Gasteiger partial charge is 0.353 e. The number of halogens is 1. The number of benzene rings is 3. The number of rotatable bonds is 8. The average molecular weight is 536 g/mol. The summed E-state index contributed by atoms with van der Waals surface area (Å²) in [6.07, 6.45) is 1.87. The fourth-order valence-electron chi connectivity index (χ4n) is 3.73. The minimum absolute atomic E-state index is 0.0192. The molecule has 1 N–H and O–H groups in total. The van der Waals surface area contributed by atoms with Crippen LogP contribution in [0.5, 0.6) is 0 Å². The number of hydrogen-bond donors (Lipinski definition) is 1. The summed E-state index contributed by atoms with van der Waals surface area (Å²) in [7, 11) is 2.03. The summed E-state index contributed by atoms with van der Waals surface area (Å²) >= 11 is 4.91. The zero-order valence-electron chi connectivity index (χ0n) is 18.9. The Morgan fingerprint density at radius 1 is 1.06 bits per heavy atom. The summed E-state index contributed by atoms with van der Waals surface area (Å²) < 4.78 is 0.948. The van der Waals surface area contributed by atoms with Gasteiger partial charge in [-0.05, 0) is 48.5 Å². The van der Waals surface area contributed by atoms with E-state index in [-0.39, 0.29) is 18.4 Å². The van der Waals surface area contributed by atoms with Gasteiger partial charge in [-0.15, -0.1) is 0 Å². The van der Waals surface area contributed by atoms with E-state index in [4.69, 9.17) is 0 Å². The molecule has 0 saturated carbocycles. The van der Waals surface area contributed by atoms with E-state index in [1.807, 2.05) is 79.9 Å². The molecule has 0 spiro atoms. The standard InChI is InChI=1S/C27H26BrN3O2S/c1-30(18-20-8-3-2-4-9-20)15-14-29-26(32)19-31-23-12-5-6-13-24(23)34-25(27(31)33)17-21-10-7-11-22(28)16-21/h2-13,16-17H,14-15,18-19H2,1H3,(H,29,32). The third kappa shape index (κ3) is 6.38. The number of amides is 2. The summed E-state index contributed by atoms with van der Waals surface area (Å²) in [6.45, 7) is 2.03. The Morgan fingerprint density at radius 2 is 1.82 bits per heavy atom. The second-order valence-electron chi connectivity index (χ2n) is 8.10. The Hall–Kier alpha value is -2.87. The van der Waals surface area contributed by atoms with Gasteiger partial charge in [-0.25, -0.2) is 0 Å². The molecule has 0 bridgehead atoms. The van der Waals surface area contributed by atoms with Gasteiger partial charge >= 0.3 is 0 Å². The van der Waals surface area contributed by atoms with Gasteiger partial charge in [0, 0.05) is 29.0 Å². The lowest BCUT2D eigenvalue weighted by Crippen LogP contribution is -2.44. The van der Waals surface area contributed by atoms with Crippen molar-refractivity contribution < 1.29 is 9.59 Å². The molecular formula is C27H26BrN3O2S. The molecule has 2 amide bonds. The molecule has 3 aromatic rings. The first-order valence-corrected chi connectivity index (χ1v) is 12.7. The van der Waals surface area contributed by atoms with Gasteiger partial charge in [-0.1, -0.05) is 82.3 Å². The zero-order chi connectivity index (χ0) is 23.9. The SMILES string of the molecule is CN(CCNC(=O)CN1C(=O)C(=Cc2cccc(Br)c2)Sc2ccccc21)Cc1ccccc1. The Balaban J connectivity index is 1.40. The van der Waals surface area contributed by atoms with Gasteiger partial charge in [0.1, 0.15) is 6.54 Å². The molecule has 7 heteroatoms. The zero-order valence-corrected chi connectivity index (χ0v) is 21.3. The van der Waals surface area contributed by atoms with E-state index in [1.54, 1.807) is 4.90 Å². The molecule has 0 atom stereocenters. The highest BCUT2D eigenvalue weighted by molar-refractivity contribution is 9.10. The second-order valence-corrected chi connectivity index (χ2v) is 10.1. The molecule has 5 nitrogen and oxygen atoms in total. The third-order valence-corrected chi connectivity index (χ3v) is 6.96. The number of carbonyl (C=O) groups excluding carboxylic acids is 2. The lowest BCUT2D eigenvalue weighted by molar-refractivity contribution is -0.122. The summed E-state index contributed by atoms with van der Waals surface area (Å²) in [5, 5.41) is 2.96. The van der Waals surface area contributed by atoms with Gasteiger partial charge in [0.25, 0.3) is 5.91 Å². The van der Waals surface area contributed by atoms with E-state index in [0.717, 1.165) is 33.7 Å². The maximum absolute atomic E-state index is 13.3. The van der Waals surface area contributed by atoms with Crippen LogP contribution in [0.3, 0.4) is 0 Å². The number of hydrogen-bond acceptors (Lipinski definition) is 4. The highest BCUT2D eigenvalue weighted by Crippen LogP contribution is 2.41. The van der Waals surface area contributed by atoms with Crippen LogP contribution < -0.4 is 10.2 Å². The van der Waals surface area contributed by atoms with Crippen LogP contribution in [0, 0.1) is 0 Å². The second kappa shape index (κ2) is 11.5. The fourth-order valence-corrected chi connectivity index (χ4v) is 5.20. The van der Waals surface area contributed by atoms with Crippen molar-refractivity contribution in [1.82, 2.24) is 10.2 Å². The molecule has 1 aliphatic rings. The molecule has 0 radical (unpaired) electrons. The van der Waals surface area contributed by atoms with Gasteiger partial charge < -0.3 is 10.2 Å². The van der Waals surface area contributed by atoms with Gasteiger partial charge in [0.2, 0.25) is 5.91 Å². The minimum atomic E-state index is -0.176. The Bertz CT molecular complexity index is 1200. The highest BCUT2D eigenvalue weighted by Gasteiger charge is 2.30. The fraction of sp³-hybridized carbons (Fsp3) is 0.185. The van der Waals surface area contributed by atoms with Crippen molar-refractivity contribution in [3.8, 4) is 0 Å². The molecule has 0 aliphatic carbocycles. The monoisotopic (exact) mass is 535 g/mol. The molecule has 34 heavy (non-hydrogen) atoms. The Morgan fingerprint density at radius 3 is 2.62 bits per heavy atom. The average Bonchev–Trinajstić information content (AvgIpc) is 2.82. The first-order valence-electron chi connectivity index (χ1n) is 11.0. The number of likely N-dealkylation sites (N-methyl/N-ethyl adjacent to an activating group) is 1. The van der Waals surface area contributed by atoms with Crippen LogP contribution in [-0.2, 0) is 16.1 Å². The van der Waals surface area contributed by atoms with Crippen molar-refractivity contribution >= 4 is 51.3 Å². The van der Waals surface area contributed by atoms with E-state index < -0.39 is 0 Å². The van der Waals surface area contributed by atoms with Gasteiger partial charge in [0.15, 0.2) is 0 Å². The summed E-state index contributed by atoms with van der Waals surface area (Å²) in [5.41, 5.74) is 2.92. The van der Waals surface area contributed by atoms with E-state index in [1.165, 1.54) is 17.3 Å². The van der Waals surface area contributed by atoms with Crippen LogP contribution in [0.25, 0.3) is 6.08 Å². The quantitative estimate of drug-likeness (QED) is 0.404. The van der Waals surface area contributed by atoms with Crippen LogP contribution in [-0.4, -0.2) is 43.4 Å². The van der Waals surface area contributed by atoms with Gasteiger partial charge in [-0.3, -0.25) is 14.5 Å². The van der Waals surface area contributed by atoms with Crippen molar-refractivity contribution in [2.75, 3.05) is 31.6 Å². The van der Waals surface area contributed by atoms with Crippen LogP contribution >= 0.6 is 27.7 Å². The summed E-state index contributed by atoms with van der Waals surface area (Å²) in [4.78, 5) is 31.4. The van der Waals surface area contributed by atoms with Gasteiger partial charge in [0.05, 0.1) is 10.6 Å². The van der Waals surface area contributed by atoms with Crippen LogP contribution in [0.4, 0.5) is 5.69 Å². The van der Waals surface area contributed by atoms with Crippen molar-refractivity contribution in [1.29, 1.82) is 0 Å². The molecule has 1 heterocycles. The summed E-state index contributed by atoms with van der Waals surface area (Å²) in [5.74, 6) is -0.343.